The van der Waals surface area contributed by atoms with Crippen LogP contribution in [0.3, 0.4) is 0 Å². The highest BCUT2D eigenvalue weighted by atomic mass is 127. The second kappa shape index (κ2) is 13.2. The predicted octanol–water partition coefficient (Wildman–Crippen LogP) is 3.51. The van der Waals surface area contributed by atoms with Gasteiger partial charge in [0, 0.05) is 6.54 Å². The number of hydrogen-bond donors (Lipinski definition) is 3. The summed E-state index contributed by atoms with van der Waals surface area (Å²) in [4.78, 5) is 4.43. The smallest absolute Gasteiger partial charge is 0.191 e. The van der Waals surface area contributed by atoms with Crippen molar-refractivity contribution in [2.24, 2.45) is 4.99 Å². The first-order valence-electron chi connectivity index (χ1n) is 9.28. The van der Waals surface area contributed by atoms with Gasteiger partial charge >= 0.3 is 0 Å². The van der Waals surface area contributed by atoms with Gasteiger partial charge in [-0.05, 0) is 55.8 Å². The van der Waals surface area contributed by atoms with Crippen LogP contribution >= 0.6 is 24.0 Å². The molecule has 8 heteroatoms. The lowest BCUT2D eigenvalue weighted by Gasteiger charge is -2.18. The SMILES string of the molecule is CCNC(=NCC(O)c1cccc(OC)c1)NCC(C)Oc1ccc(F)cc1.I. The van der Waals surface area contributed by atoms with E-state index in [0.717, 1.165) is 5.56 Å². The molecule has 0 bridgehead atoms. The first kappa shape index (κ1) is 25.0. The fourth-order valence-corrected chi connectivity index (χ4v) is 2.50. The van der Waals surface area contributed by atoms with Crippen molar-refractivity contribution in [3.8, 4) is 11.5 Å². The minimum Gasteiger partial charge on any atom is -0.497 e. The van der Waals surface area contributed by atoms with Gasteiger partial charge < -0.3 is 25.2 Å². The van der Waals surface area contributed by atoms with Gasteiger partial charge in [-0.1, -0.05) is 12.1 Å². The molecule has 0 aromatic heterocycles. The van der Waals surface area contributed by atoms with Gasteiger partial charge in [-0.15, -0.1) is 24.0 Å². The Balaban J connectivity index is 0.00000420. The highest BCUT2D eigenvalue weighted by molar-refractivity contribution is 14.0. The Kier molecular flexibility index (Phi) is 11.4. The molecule has 0 aliphatic rings. The summed E-state index contributed by atoms with van der Waals surface area (Å²) < 4.78 is 23.9. The van der Waals surface area contributed by atoms with Crippen LogP contribution < -0.4 is 20.1 Å². The van der Waals surface area contributed by atoms with Gasteiger partial charge in [0.2, 0.25) is 0 Å². The molecule has 0 aliphatic carbocycles. The molecule has 2 aromatic rings. The molecule has 0 saturated carbocycles. The highest BCUT2D eigenvalue weighted by Gasteiger charge is 2.10. The predicted molar refractivity (Wildman–Crippen MR) is 124 cm³/mol. The first-order chi connectivity index (χ1) is 13.5. The molecular formula is C21H29FIN3O3. The third-order valence-corrected chi connectivity index (χ3v) is 3.95. The maximum absolute atomic E-state index is 13.0. The van der Waals surface area contributed by atoms with Crippen molar-refractivity contribution in [1.82, 2.24) is 10.6 Å². The van der Waals surface area contributed by atoms with Crippen molar-refractivity contribution in [3.05, 3.63) is 59.9 Å². The summed E-state index contributed by atoms with van der Waals surface area (Å²) in [5, 5.41) is 16.7. The number of aliphatic hydroxyl groups is 1. The van der Waals surface area contributed by atoms with E-state index in [0.29, 0.717) is 30.5 Å². The summed E-state index contributed by atoms with van der Waals surface area (Å²) in [6.45, 7) is 5.27. The topological polar surface area (TPSA) is 75.1 Å². The van der Waals surface area contributed by atoms with Crippen molar-refractivity contribution >= 4 is 29.9 Å². The minimum absolute atomic E-state index is 0. The highest BCUT2D eigenvalue weighted by Crippen LogP contribution is 2.19. The number of rotatable bonds is 9. The number of aliphatic imine (C=N–C) groups is 1. The minimum atomic E-state index is -0.738. The Morgan fingerprint density at radius 2 is 1.86 bits per heavy atom. The molecule has 0 radical (unpaired) electrons. The van der Waals surface area contributed by atoms with Crippen molar-refractivity contribution < 1.29 is 19.0 Å². The van der Waals surface area contributed by atoms with E-state index >= 15 is 0 Å². The summed E-state index contributed by atoms with van der Waals surface area (Å²) >= 11 is 0. The maximum Gasteiger partial charge on any atom is 0.191 e. The summed E-state index contributed by atoms with van der Waals surface area (Å²) in [7, 11) is 1.59. The molecule has 3 N–H and O–H groups in total. The van der Waals surface area contributed by atoms with Crippen molar-refractivity contribution in [2.75, 3.05) is 26.7 Å². The number of halogens is 2. The number of benzene rings is 2. The Bertz CT molecular complexity index is 759. The van der Waals surface area contributed by atoms with Gasteiger partial charge in [-0.3, -0.25) is 4.99 Å². The number of hydrogen-bond acceptors (Lipinski definition) is 4. The summed E-state index contributed by atoms with van der Waals surface area (Å²) in [6, 6.07) is 13.2. The van der Waals surface area contributed by atoms with E-state index in [2.05, 4.69) is 15.6 Å². The zero-order chi connectivity index (χ0) is 20.4. The molecular weight excluding hydrogens is 488 g/mol. The Morgan fingerprint density at radius 3 is 2.52 bits per heavy atom. The van der Waals surface area contributed by atoms with E-state index in [9.17, 15) is 9.50 Å². The average Bonchev–Trinajstić information content (AvgIpc) is 2.71. The summed E-state index contributed by atoms with van der Waals surface area (Å²) in [5.41, 5.74) is 0.743. The Hall–Kier alpha value is -2.07. The Labute approximate surface area is 188 Å². The van der Waals surface area contributed by atoms with Crippen molar-refractivity contribution in [1.29, 1.82) is 0 Å². The number of guanidine groups is 1. The van der Waals surface area contributed by atoms with E-state index < -0.39 is 6.10 Å². The largest absolute Gasteiger partial charge is 0.497 e. The second-order valence-corrected chi connectivity index (χ2v) is 6.28. The molecule has 6 nitrogen and oxygen atoms in total. The summed E-state index contributed by atoms with van der Waals surface area (Å²) in [5.74, 6) is 1.58. The van der Waals surface area contributed by atoms with Crippen LogP contribution in [0.2, 0.25) is 0 Å². The molecule has 0 amide bonds. The molecule has 0 fully saturated rings. The van der Waals surface area contributed by atoms with Crippen LogP contribution in [0.1, 0.15) is 25.5 Å². The van der Waals surface area contributed by atoms with Gasteiger partial charge in [0.25, 0.3) is 0 Å². The lowest BCUT2D eigenvalue weighted by Crippen LogP contribution is -2.42. The van der Waals surface area contributed by atoms with Crippen LogP contribution in [0.5, 0.6) is 11.5 Å². The number of methoxy groups -OCH3 is 1. The molecule has 0 spiro atoms. The van der Waals surface area contributed by atoms with Gasteiger partial charge in [0.15, 0.2) is 5.96 Å². The maximum atomic E-state index is 13.0. The van der Waals surface area contributed by atoms with E-state index in [-0.39, 0.29) is 42.4 Å². The molecule has 160 valence electrons. The normalized spacial score (nSPS) is 13.1. The molecule has 0 heterocycles. The molecule has 2 atom stereocenters. The third-order valence-electron chi connectivity index (χ3n) is 3.95. The van der Waals surface area contributed by atoms with Gasteiger partial charge in [-0.25, -0.2) is 4.39 Å². The van der Waals surface area contributed by atoms with Crippen LogP contribution in [0.25, 0.3) is 0 Å². The van der Waals surface area contributed by atoms with Crippen LogP contribution in [-0.2, 0) is 0 Å². The average molecular weight is 517 g/mol. The van der Waals surface area contributed by atoms with Gasteiger partial charge in [-0.2, -0.15) is 0 Å². The lowest BCUT2D eigenvalue weighted by molar-refractivity contribution is 0.186. The Morgan fingerprint density at radius 1 is 1.14 bits per heavy atom. The molecule has 0 saturated heterocycles. The number of aliphatic hydroxyl groups excluding tert-OH is 1. The fourth-order valence-electron chi connectivity index (χ4n) is 2.50. The fraction of sp³-hybridized carbons (Fsp3) is 0.381. The van der Waals surface area contributed by atoms with Crippen molar-refractivity contribution in [2.45, 2.75) is 26.1 Å². The van der Waals surface area contributed by atoms with E-state index in [1.54, 1.807) is 25.3 Å². The molecule has 0 aliphatic heterocycles. The second-order valence-electron chi connectivity index (χ2n) is 6.28. The zero-order valence-corrected chi connectivity index (χ0v) is 19.2. The van der Waals surface area contributed by atoms with E-state index in [1.165, 1.54) is 12.1 Å². The van der Waals surface area contributed by atoms with Crippen LogP contribution in [0.4, 0.5) is 4.39 Å². The molecule has 2 aromatic carbocycles. The van der Waals surface area contributed by atoms with Crippen LogP contribution in [0, 0.1) is 5.82 Å². The monoisotopic (exact) mass is 517 g/mol. The number of nitrogens with one attached hydrogen (secondary N) is 2. The first-order valence-corrected chi connectivity index (χ1v) is 9.28. The van der Waals surface area contributed by atoms with Crippen molar-refractivity contribution in [3.63, 3.8) is 0 Å². The molecule has 29 heavy (non-hydrogen) atoms. The van der Waals surface area contributed by atoms with Gasteiger partial charge in [0.1, 0.15) is 23.4 Å². The lowest BCUT2D eigenvalue weighted by atomic mass is 10.1. The molecule has 2 unspecified atom stereocenters. The number of ether oxygens (including phenoxy) is 2. The quantitative estimate of drug-likeness (QED) is 0.270. The molecule has 2 rings (SSSR count). The van der Waals surface area contributed by atoms with Crippen LogP contribution in [0.15, 0.2) is 53.5 Å². The standard InChI is InChI=1S/C21H28FN3O3.HI/c1-4-23-21(24-13-15(2)28-18-10-8-17(22)9-11-18)25-14-20(26)16-6-5-7-19(12-16)27-3;/h5-12,15,20,26H,4,13-14H2,1-3H3,(H2,23,24,25);1H. The third kappa shape index (κ3) is 8.86. The van der Waals surface area contributed by atoms with Crippen LogP contribution in [-0.4, -0.2) is 43.9 Å². The number of nitrogens with zero attached hydrogens (tertiary/aromatic N) is 1. The summed E-state index contributed by atoms with van der Waals surface area (Å²) in [6.07, 6.45) is -0.893. The van der Waals surface area contributed by atoms with Gasteiger partial charge in [0.05, 0.1) is 26.3 Å². The zero-order valence-electron chi connectivity index (χ0n) is 16.9. The van der Waals surface area contributed by atoms with E-state index in [4.69, 9.17) is 9.47 Å². The van der Waals surface area contributed by atoms with E-state index in [1.807, 2.05) is 32.0 Å².